The quantitative estimate of drug-likeness (QED) is 0.455. The van der Waals surface area contributed by atoms with Crippen LogP contribution >= 0.6 is 0 Å². The van der Waals surface area contributed by atoms with E-state index in [1.54, 1.807) is 31.4 Å². The molecule has 4 rings (SSSR count). The number of carbonyl (C=O) groups excluding carboxylic acids is 2. The Kier molecular flexibility index (Phi) is 8.23. The molecule has 2 amide bonds. The molecule has 0 aliphatic carbocycles. The topological polar surface area (TPSA) is 110 Å². The Balaban J connectivity index is 1.36. The predicted molar refractivity (Wildman–Crippen MR) is 132 cm³/mol. The summed E-state index contributed by atoms with van der Waals surface area (Å²) in [7, 11) is 1.58. The average Bonchev–Trinajstić information content (AvgIpc) is 3.33. The third kappa shape index (κ3) is 6.32. The van der Waals surface area contributed by atoms with Gasteiger partial charge in [-0.3, -0.25) is 14.5 Å². The fraction of sp³-hybridized carbons (Fsp3) is 0.385. The van der Waals surface area contributed by atoms with Gasteiger partial charge in [-0.25, -0.2) is 0 Å². The maximum atomic E-state index is 13.1. The lowest BCUT2D eigenvalue weighted by molar-refractivity contribution is -0.121. The number of ether oxygens (including phenoxy) is 1. The number of nitrogens with one attached hydrogen (secondary N) is 2. The number of likely N-dealkylation sites (tertiary alicyclic amines) is 1. The Labute approximate surface area is 204 Å². The molecule has 1 atom stereocenters. The summed E-state index contributed by atoms with van der Waals surface area (Å²) in [5, 5.41) is 9.89. The average molecular weight is 478 g/mol. The van der Waals surface area contributed by atoms with E-state index in [-0.39, 0.29) is 17.7 Å². The molecule has 1 unspecified atom stereocenters. The monoisotopic (exact) mass is 477 g/mol. The molecule has 35 heavy (non-hydrogen) atoms. The summed E-state index contributed by atoms with van der Waals surface area (Å²) < 4.78 is 10.5. The summed E-state index contributed by atoms with van der Waals surface area (Å²) in [6.45, 7) is 4.75. The summed E-state index contributed by atoms with van der Waals surface area (Å²) in [6.07, 6.45) is 1.67. The van der Waals surface area contributed by atoms with Crippen molar-refractivity contribution < 1.29 is 18.8 Å². The molecule has 3 aromatic rings. The molecule has 1 saturated heterocycles. The molecular formula is C26H31N5O4. The Bertz CT molecular complexity index is 1160. The standard InChI is InChI=1S/C26H31N5O4/c1-18-8-3-4-10-20(18)24-29-23(35-30-24)17-31-14-7-9-19(16-31)25(32)28-22-12-6-5-11-21(22)26(33)27-13-15-34-2/h3-6,8,10-12,19H,7,9,13-17H2,1-2H3,(H,27,33)(H,28,32). The molecule has 2 N–H and O–H groups in total. The second kappa shape index (κ2) is 11.7. The highest BCUT2D eigenvalue weighted by Gasteiger charge is 2.28. The van der Waals surface area contributed by atoms with E-state index >= 15 is 0 Å². The van der Waals surface area contributed by atoms with E-state index in [9.17, 15) is 9.59 Å². The van der Waals surface area contributed by atoms with Crippen LogP contribution in [0.1, 0.15) is 34.7 Å². The minimum absolute atomic E-state index is 0.0991. The van der Waals surface area contributed by atoms with Gasteiger partial charge in [0.25, 0.3) is 5.91 Å². The first-order chi connectivity index (χ1) is 17.0. The number of hydrogen-bond acceptors (Lipinski definition) is 7. The van der Waals surface area contributed by atoms with E-state index < -0.39 is 0 Å². The largest absolute Gasteiger partial charge is 0.383 e. The molecule has 9 heteroatoms. The van der Waals surface area contributed by atoms with Crippen LogP contribution in [0.15, 0.2) is 53.1 Å². The molecule has 1 fully saturated rings. The maximum Gasteiger partial charge on any atom is 0.253 e. The first kappa shape index (κ1) is 24.6. The van der Waals surface area contributed by atoms with E-state index in [4.69, 9.17) is 9.26 Å². The highest BCUT2D eigenvalue weighted by Crippen LogP contribution is 2.24. The van der Waals surface area contributed by atoms with Gasteiger partial charge in [0.05, 0.1) is 30.3 Å². The summed E-state index contributed by atoms with van der Waals surface area (Å²) in [4.78, 5) is 32.3. The number of benzene rings is 2. The molecule has 9 nitrogen and oxygen atoms in total. The van der Waals surface area contributed by atoms with Crippen molar-refractivity contribution in [3.05, 3.63) is 65.5 Å². The summed E-state index contributed by atoms with van der Waals surface area (Å²) in [5.41, 5.74) is 2.97. The molecule has 0 spiro atoms. The number of methoxy groups -OCH3 is 1. The van der Waals surface area contributed by atoms with Crippen molar-refractivity contribution in [1.29, 1.82) is 0 Å². The Morgan fingerprint density at radius 3 is 2.80 bits per heavy atom. The Hall–Kier alpha value is -3.56. The van der Waals surface area contributed by atoms with E-state index in [1.165, 1.54) is 0 Å². The molecule has 0 radical (unpaired) electrons. The number of aromatic nitrogens is 2. The number of piperidine rings is 1. The zero-order chi connectivity index (χ0) is 24.6. The maximum absolute atomic E-state index is 13.1. The molecule has 1 aliphatic rings. The smallest absolute Gasteiger partial charge is 0.253 e. The first-order valence-electron chi connectivity index (χ1n) is 11.8. The van der Waals surface area contributed by atoms with Crippen molar-refractivity contribution in [1.82, 2.24) is 20.4 Å². The van der Waals surface area contributed by atoms with Gasteiger partial charge in [-0.05, 0) is 44.0 Å². The van der Waals surface area contributed by atoms with Gasteiger partial charge in [0.15, 0.2) is 0 Å². The van der Waals surface area contributed by atoms with Crippen molar-refractivity contribution in [2.75, 3.05) is 38.7 Å². The van der Waals surface area contributed by atoms with Crippen LogP contribution in [-0.2, 0) is 16.1 Å². The van der Waals surface area contributed by atoms with Gasteiger partial charge in [-0.2, -0.15) is 4.98 Å². The molecule has 1 aromatic heterocycles. The lowest BCUT2D eigenvalue weighted by atomic mass is 9.96. The van der Waals surface area contributed by atoms with Crippen molar-refractivity contribution in [3.63, 3.8) is 0 Å². The minimum atomic E-state index is -0.246. The number of nitrogens with zero attached hydrogens (tertiary/aromatic N) is 3. The Morgan fingerprint density at radius 2 is 1.97 bits per heavy atom. The van der Waals surface area contributed by atoms with E-state index in [1.807, 2.05) is 31.2 Å². The van der Waals surface area contributed by atoms with E-state index in [0.717, 1.165) is 30.5 Å². The normalized spacial score (nSPS) is 16.1. The van der Waals surface area contributed by atoms with Crippen LogP contribution in [0.3, 0.4) is 0 Å². The van der Waals surface area contributed by atoms with Crippen LogP contribution in [0.5, 0.6) is 0 Å². The summed E-state index contributed by atoms with van der Waals surface area (Å²) in [6, 6.07) is 14.9. The van der Waals surface area contributed by atoms with Crippen molar-refractivity contribution in [2.24, 2.45) is 5.92 Å². The molecule has 0 bridgehead atoms. The summed E-state index contributed by atoms with van der Waals surface area (Å²) >= 11 is 0. The van der Waals surface area contributed by atoms with Crippen LogP contribution in [0.4, 0.5) is 5.69 Å². The lowest BCUT2D eigenvalue weighted by Gasteiger charge is -2.31. The first-order valence-corrected chi connectivity index (χ1v) is 11.8. The molecule has 2 aromatic carbocycles. The fourth-order valence-electron chi connectivity index (χ4n) is 4.24. The van der Waals surface area contributed by atoms with Gasteiger partial charge in [0, 0.05) is 25.8 Å². The second-order valence-corrected chi connectivity index (χ2v) is 8.68. The number of anilines is 1. The van der Waals surface area contributed by atoms with Crippen LogP contribution in [0, 0.1) is 12.8 Å². The van der Waals surface area contributed by atoms with Gasteiger partial charge >= 0.3 is 0 Å². The number of amides is 2. The SMILES string of the molecule is COCCNC(=O)c1ccccc1NC(=O)C1CCCN(Cc2nc(-c3ccccc3C)no2)C1. The van der Waals surface area contributed by atoms with E-state index in [0.29, 0.717) is 49.2 Å². The van der Waals surface area contributed by atoms with Crippen molar-refractivity contribution >= 4 is 17.5 Å². The number of rotatable bonds is 9. The molecule has 184 valence electrons. The van der Waals surface area contributed by atoms with Gasteiger partial charge < -0.3 is 19.9 Å². The van der Waals surface area contributed by atoms with Crippen LogP contribution < -0.4 is 10.6 Å². The minimum Gasteiger partial charge on any atom is -0.383 e. The van der Waals surface area contributed by atoms with Gasteiger partial charge in [-0.1, -0.05) is 41.6 Å². The highest BCUT2D eigenvalue weighted by atomic mass is 16.5. The molecule has 0 saturated carbocycles. The predicted octanol–water partition coefficient (Wildman–Crippen LogP) is 3.27. The lowest BCUT2D eigenvalue weighted by Crippen LogP contribution is -2.40. The zero-order valence-electron chi connectivity index (χ0n) is 20.1. The third-order valence-corrected chi connectivity index (χ3v) is 6.11. The third-order valence-electron chi connectivity index (χ3n) is 6.11. The molecule has 1 aliphatic heterocycles. The summed E-state index contributed by atoms with van der Waals surface area (Å²) in [5.74, 6) is 0.557. The molecular weight excluding hydrogens is 446 g/mol. The van der Waals surface area contributed by atoms with Crippen LogP contribution in [-0.4, -0.2) is 60.2 Å². The van der Waals surface area contributed by atoms with Gasteiger partial charge in [0.1, 0.15) is 0 Å². The van der Waals surface area contributed by atoms with E-state index in [2.05, 4.69) is 25.7 Å². The number of para-hydroxylation sites is 1. The highest BCUT2D eigenvalue weighted by molar-refractivity contribution is 6.04. The molecule has 2 heterocycles. The van der Waals surface area contributed by atoms with Gasteiger partial charge in [0.2, 0.25) is 17.6 Å². The Morgan fingerprint density at radius 1 is 1.17 bits per heavy atom. The van der Waals surface area contributed by atoms with Crippen molar-refractivity contribution in [3.8, 4) is 11.4 Å². The van der Waals surface area contributed by atoms with Crippen LogP contribution in [0.2, 0.25) is 0 Å². The van der Waals surface area contributed by atoms with Gasteiger partial charge in [-0.15, -0.1) is 0 Å². The second-order valence-electron chi connectivity index (χ2n) is 8.68. The zero-order valence-corrected chi connectivity index (χ0v) is 20.1. The number of carbonyl (C=O) groups is 2. The number of hydrogen-bond donors (Lipinski definition) is 2. The van der Waals surface area contributed by atoms with Crippen LogP contribution in [0.25, 0.3) is 11.4 Å². The number of aryl methyl sites for hydroxylation is 1. The van der Waals surface area contributed by atoms with Crippen molar-refractivity contribution in [2.45, 2.75) is 26.3 Å². The fourth-order valence-corrected chi connectivity index (χ4v) is 4.24.